The van der Waals surface area contributed by atoms with Crippen LogP contribution in [-0.2, 0) is 17.6 Å². The fraction of sp³-hybridized carbons (Fsp3) is 0.286. The van der Waals surface area contributed by atoms with Crippen molar-refractivity contribution < 1.29 is 9.21 Å². The van der Waals surface area contributed by atoms with Gasteiger partial charge in [0, 0.05) is 11.0 Å². The van der Waals surface area contributed by atoms with Crippen molar-refractivity contribution in [1.82, 2.24) is 4.98 Å². The third-order valence-electron chi connectivity index (χ3n) is 3.02. The topological polar surface area (TPSA) is 55.1 Å². The predicted molar refractivity (Wildman–Crippen MR) is 75.1 cm³/mol. The van der Waals surface area contributed by atoms with Gasteiger partial charge >= 0.3 is 0 Å². The van der Waals surface area contributed by atoms with Gasteiger partial charge in [0.25, 0.3) is 0 Å². The summed E-state index contributed by atoms with van der Waals surface area (Å²) in [5, 5.41) is 3.50. The van der Waals surface area contributed by atoms with Crippen molar-refractivity contribution in [2.75, 3.05) is 5.32 Å². The molecule has 3 rings (SSSR count). The lowest BCUT2D eigenvalue weighted by molar-refractivity contribution is -0.111. The lowest BCUT2D eigenvalue weighted by Gasteiger charge is -2.06. The molecule has 1 amide bonds. The summed E-state index contributed by atoms with van der Waals surface area (Å²) < 4.78 is 5.12. The van der Waals surface area contributed by atoms with E-state index < -0.39 is 0 Å². The monoisotopic (exact) mass is 274 g/mol. The highest BCUT2D eigenvalue weighted by atomic mass is 32.1. The number of aryl methyl sites for hydroxylation is 2. The zero-order chi connectivity index (χ0) is 13.1. The van der Waals surface area contributed by atoms with Crippen LogP contribution >= 0.6 is 11.3 Å². The molecular formula is C14H14N2O2S. The molecule has 0 bridgehead atoms. The van der Waals surface area contributed by atoms with Crippen LogP contribution in [0.25, 0.3) is 6.08 Å². The quantitative estimate of drug-likeness (QED) is 0.874. The molecule has 0 spiro atoms. The van der Waals surface area contributed by atoms with E-state index in [1.807, 2.05) is 0 Å². The number of hydrogen-bond acceptors (Lipinski definition) is 4. The van der Waals surface area contributed by atoms with E-state index in [1.165, 1.54) is 23.8 Å². The van der Waals surface area contributed by atoms with E-state index in [-0.39, 0.29) is 5.91 Å². The molecule has 2 aromatic heterocycles. The summed E-state index contributed by atoms with van der Waals surface area (Å²) in [5.74, 6) is 0.482. The second-order valence-corrected chi connectivity index (χ2v) is 5.52. The van der Waals surface area contributed by atoms with Crippen molar-refractivity contribution in [1.29, 1.82) is 0 Å². The number of nitrogens with zero attached hydrogens (tertiary/aromatic N) is 1. The summed E-state index contributed by atoms with van der Waals surface area (Å²) in [6, 6.07) is 3.58. The highest BCUT2D eigenvalue weighted by Crippen LogP contribution is 2.29. The average molecular weight is 274 g/mol. The lowest BCUT2D eigenvalue weighted by atomic mass is 10.0. The fourth-order valence-electron chi connectivity index (χ4n) is 2.10. The number of nitrogens with one attached hydrogen (secondary N) is 1. The third kappa shape index (κ3) is 2.93. The maximum atomic E-state index is 11.7. The van der Waals surface area contributed by atoms with E-state index >= 15 is 0 Å². The van der Waals surface area contributed by atoms with Crippen LogP contribution in [0.15, 0.2) is 28.9 Å². The smallest absolute Gasteiger partial charge is 0.250 e. The molecule has 0 saturated heterocycles. The molecule has 0 unspecified atom stereocenters. The number of thiazole rings is 1. The van der Waals surface area contributed by atoms with Crippen LogP contribution in [0, 0.1) is 0 Å². The van der Waals surface area contributed by atoms with E-state index in [2.05, 4.69) is 10.3 Å². The normalized spacial score (nSPS) is 14.5. The molecule has 1 aliphatic rings. The molecule has 0 radical (unpaired) electrons. The molecule has 0 aliphatic heterocycles. The van der Waals surface area contributed by atoms with Gasteiger partial charge in [0.05, 0.1) is 12.0 Å². The Kier molecular flexibility index (Phi) is 3.46. The highest BCUT2D eigenvalue weighted by Gasteiger charge is 2.15. The van der Waals surface area contributed by atoms with Crippen molar-refractivity contribution in [3.05, 3.63) is 40.8 Å². The van der Waals surface area contributed by atoms with Crippen LogP contribution in [-0.4, -0.2) is 10.9 Å². The van der Waals surface area contributed by atoms with Crippen LogP contribution in [0.4, 0.5) is 5.13 Å². The first-order chi connectivity index (χ1) is 9.31. The number of carbonyl (C=O) groups is 1. The van der Waals surface area contributed by atoms with Gasteiger partial charge in [0.15, 0.2) is 5.13 Å². The first-order valence-electron chi connectivity index (χ1n) is 6.32. The van der Waals surface area contributed by atoms with Gasteiger partial charge in [-0.2, -0.15) is 0 Å². The third-order valence-corrected chi connectivity index (χ3v) is 4.09. The van der Waals surface area contributed by atoms with Gasteiger partial charge in [-0.15, -0.1) is 11.3 Å². The van der Waals surface area contributed by atoms with Gasteiger partial charge in [-0.05, 0) is 43.9 Å². The van der Waals surface area contributed by atoms with Gasteiger partial charge in [0.2, 0.25) is 5.91 Å². The molecule has 0 aromatic carbocycles. The first-order valence-corrected chi connectivity index (χ1v) is 7.14. The Morgan fingerprint density at radius 3 is 3.11 bits per heavy atom. The van der Waals surface area contributed by atoms with Crippen molar-refractivity contribution in [2.24, 2.45) is 0 Å². The molecule has 0 atom stereocenters. The van der Waals surface area contributed by atoms with Crippen molar-refractivity contribution in [2.45, 2.75) is 25.7 Å². The minimum Gasteiger partial charge on any atom is -0.465 e. The van der Waals surface area contributed by atoms with Gasteiger partial charge in [0.1, 0.15) is 5.76 Å². The largest absolute Gasteiger partial charge is 0.465 e. The van der Waals surface area contributed by atoms with E-state index in [1.54, 1.807) is 35.8 Å². The van der Waals surface area contributed by atoms with Crippen LogP contribution in [0.2, 0.25) is 0 Å². The Balaban J connectivity index is 1.64. The molecule has 0 saturated carbocycles. The van der Waals surface area contributed by atoms with Gasteiger partial charge in [-0.1, -0.05) is 0 Å². The summed E-state index contributed by atoms with van der Waals surface area (Å²) in [6.07, 6.45) is 9.22. The Labute approximate surface area is 115 Å². The molecule has 0 fully saturated rings. The number of amides is 1. The fourth-order valence-corrected chi connectivity index (χ4v) is 3.15. The van der Waals surface area contributed by atoms with E-state index in [9.17, 15) is 4.79 Å². The van der Waals surface area contributed by atoms with Crippen molar-refractivity contribution in [3.63, 3.8) is 0 Å². The minimum absolute atomic E-state index is 0.178. The predicted octanol–water partition coefficient (Wildman–Crippen LogP) is 3.27. The maximum absolute atomic E-state index is 11.7. The standard InChI is InChI=1S/C14H14N2O2S/c17-13(8-7-10-4-3-9-18-10)16-14-15-11-5-1-2-6-12(11)19-14/h3-4,7-9H,1-2,5-6H2,(H,15,16,17). The zero-order valence-electron chi connectivity index (χ0n) is 10.4. The van der Waals surface area contributed by atoms with Crippen LogP contribution in [0.5, 0.6) is 0 Å². The Morgan fingerprint density at radius 2 is 2.32 bits per heavy atom. The summed E-state index contributed by atoms with van der Waals surface area (Å²) in [5.41, 5.74) is 1.15. The Bertz CT molecular complexity index is 575. The molecule has 1 N–H and O–H groups in total. The Hall–Kier alpha value is -1.88. The highest BCUT2D eigenvalue weighted by molar-refractivity contribution is 7.15. The van der Waals surface area contributed by atoms with Crippen LogP contribution in [0.1, 0.15) is 29.2 Å². The molecular weight excluding hydrogens is 260 g/mol. The molecule has 4 nitrogen and oxygen atoms in total. The summed E-state index contributed by atoms with van der Waals surface area (Å²) in [7, 11) is 0. The number of rotatable bonds is 3. The van der Waals surface area contributed by atoms with E-state index in [4.69, 9.17) is 4.42 Å². The first kappa shape index (κ1) is 12.2. The molecule has 5 heteroatoms. The number of fused-ring (bicyclic) bond motifs is 1. The molecule has 19 heavy (non-hydrogen) atoms. The molecule has 2 heterocycles. The maximum Gasteiger partial charge on any atom is 0.250 e. The zero-order valence-corrected chi connectivity index (χ0v) is 11.2. The molecule has 2 aromatic rings. The van der Waals surface area contributed by atoms with Crippen LogP contribution < -0.4 is 5.32 Å². The summed E-state index contributed by atoms with van der Waals surface area (Å²) in [6.45, 7) is 0. The average Bonchev–Trinajstić information content (AvgIpc) is 3.04. The number of aromatic nitrogens is 1. The number of anilines is 1. The Morgan fingerprint density at radius 1 is 1.42 bits per heavy atom. The van der Waals surface area contributed by atoms with Crippen molar-refractivity contribution in [3.8, 4) is 0 Å². The number of furan rings is 1. The summed E-state index contributed by atoms with van der Waals surface area (Å²) in [4.78, 5) is 17.5. The van der Waals surface area contributed by atoms with Gasteiger partial charge in [-0.3, -0.25) is 10.1 Å². The SMILES string of the molecule is O=C(C=Cc1ccco1)Nc1nc2c(s1)CCCC2. The van der Waals surface area contributed by atoms with Crippen molar-refractivity contribution >= 4 is 28.5 Å². The van der Waals surface area contributed by atoms with E-state index in [0.29, 0.717) is 10.9 Å². The van der Waals surface area contributed by atoms with E-state index in [0.717, 1.165) is 18.5 Å². The molecule has 1 aliphatic carbocycles. The van der Waals surface area contributed by atoms with Crippen LogP contribution in [0.3, 0.4) is 0 Å². The number of hydrogen-bond donors (Lipinski definition) is 1. The minimum atomic E-state index is -0.178. The number of carbonyl (C=O) groups excluding carboxylic acids is 1. The second-order valence-electron chi connectivity index (χ2n) is 4.43. The second kappa shape index (κ2) is 5.40. The molecule has 98 valence electrons. The van der Waals surface area contributed by atoms with Gasteiger partial charge in [-0.25, -0.2) is 4.98 Å². The lowest BCUT2D eigenvalue weighted by Crippen LogP contribution is -2.07. The summed E-state index contributed by atoms with van der Waals surface area (Å²) >= 11 is 1.59. The van der Waals surface area contributed by atoms with Gasteiger partial charge < -0.3 is 4.42 Å².